The van der Waals surface area contributed by atoms with Crippen LogP contribution in [-0.2, 0) is 6.42 Å². The van der Waals surface area contributed by atoms with Gasteiger partial charge in [0.05, 0.1) is 16.8 Å². The Morgan fingerprint density at radius 2 is 1.92 bits per heavy atom. The van der Waals surface area contributed by atoms with Gasteiger partial charge in [-0.15, -0.1) is 11.3 Å². The molecule has 6 heteroatoms. The van der Waals surface area contributed by atoms with Gasteiger partial charge in [-0.3, -0.25) is 14.7 Å². The maximum Gasteiger partial charge on any atom is 0.280 e. The van der Waals surface area contributed by atoms with Crippen molar-refractivity contribution in [3.8, 4) is 5.69 Å². The summed E-state index contributed by atoms with van der Waals surface area (Å²) in [6, 6.07) is 15.2. The van der Waals surface area contributed by atoms with Gasteiger partial charge < -0.3 is 0 Å². The second kappa shape index (κ2) is 5.78. The molecule has 0 unspecified atom stereocenters. The van der Waals surface area contributed by atoms with Crippen LogP contribution < -0.4 is 5.56 Å². The predicted octanol–water partition coefficient (Wildman–Crippen LogP) is 3.69. The third-order valence-corrected chi connectivity index (χ3v) is 5.92. The number of carbonyl (C=O) groups is 1. The normalized spacial score (nSPS) is 16.8. The molecule has 0 aliphatic heterocycles. The fraction of sp³-hybridized carbons (Fsp3) is 0.150. The zero-order chi connectivity index (χ0) is 17.7. The van der Waals surface area contributed by atoms with E-state index >= 15 is 0 Å². The summed E-state index contributed by atoms with van der Waals surface area (Å²) in [5.41, 5.74) is 2.44. The molecule has 0 amide bonds. The lowest BCUT2D eigenvalue weighted by molar-refractivity contribution is 0.0964. The van der Waals surface area contributed by atoms with Crippen LogP contribution >= 0.6 is 11.3 Å². The molecule has 0 saturated heterocycles. The lowest BCUT2D eigenvalue weighted by atomic mass is 9.85. The Morgan fingerprint density at radius 1 is 1.08 bits per heavy atom. The highest BCUT2D eigenvalue weighted by Gasteiger charge is 2.29. The third-order valence-electron chi connectivity index (χ3n) is 4.88. The van der Waals surface area contributed by atoms with Gasteiger partial charge in [0.1, 0.15) is 0 Å². The zero-order valence-electron chi connectivity index (χ0n) is 13.8. The van der Waals surface area contributed by atoms with Crippen molar-refractivity contribution >= 4 is 28.2 Å². The number of aromatic amines is 1. The van der Waals surface area contributed by atoms with E-state index in [9.17, 15) is 9.59 Å². The van der Waals surface area contributed by atoms with Crippen molar-refractivity contribution in [1.82, 2.24) is 14.8 Å². The molecule has 128 valence electrons. The standard InChI is InChI=1S/C20H15N3O2S/c24-17-10-12(18-7-4-8-26-18)9-16-14(17)11-15-19(21-16)22-23(20(15)25)13-5-2-1-3-6-13/h1-8,11-12H,9-10H2,(H,21,22)/t12-/m0/s1. The van der Waals surface area contributed by atoms with Crippen molar-refractivity contribution in [2.75, 3.05) is 0 Å². The van der Waals surface area contributed by atoms with Crippen LogP contribution in [0.5, 0.6) is 0 Å². The van der Waals surface area contributed by atoms with E-state index in [4.69, 9.17) is 0 Å². The number of carbonyl (C=O) groups excluding carboxylic acids is 1. The van der Waals surface area contributed by atoms with Gasteiger partial charge in [0.2, 0.25) is 0 Å². The lowest BCUT2D eigenvalue weighted by Crippen LogP contribution is -2.20. The topological polar surface area (TPSA) is 67.8 Å². The number of ketones is 1. The minimum atomic E-state index is -0.185. The van der Waals surface area contributed by atoms with Crippen LogP contribution in [0.4, 0.5) is 0 Å². The summed E-state index contributed by atoms with van der Waals surface area (Å²) in [7, 11) is 0. The Bertz CT molecular complexity index is 1170. The number of hydrogen-bond donors (Lipinski definition) is 1. The van der Waals surface area contributed by atoms with Gasteiger partial charge in [-0.25, -0.2) is 9.67 Å². The van der Waals surface area contributed by atoms with E-state index in [1.165, 1.54) is 9.56 Å². The number of nitrogens with one attached hydrogen (secondary N) is 1. The molecule has 0 bridgehead atoms. The molecule has 3 aromatic heterocycles. The van der Waals surface area contributed by atoms with E-state index in [1.807, 2.05) is 41.8 Å². The average Bonchev–Trinajstić information content (AvgIpc) is 3.30. The van der Waals surface area contributed by atoms with Crippen molar-refractivity contribution in [3.63, 3.8) is 0 Å². The van der Waals surface area contributed by atoms with Crippen LogP contribution in [0.15, 0.2) is 58.7 Å². The second-order valence-electron chi connectivity index (χ2n) is 6.51. The van der Waals surface area contributed by atoms with Crippen LogP contribution in [0.1, 0.15) is 33.3 Å². The molecule has 1 aromatic carbocycles. The van der Waals surface area contributed by atoms with E-state index < -0.39 is 0 Å². The van der Waals surface area contributed by atoms with Crippen LogP contribution in [0, 0.1) is 0 Å². The van der Waals surface area contributed by atoms with E-state index in [2.05, 4.69) is 16.1 Å². The van der Waals surface area contributed by atoms with Crippen molar-refractivity contribution in [1.29, 1.82) is 0 Å². The summed E-state index contributed by atoms with van der Waals surface area (Å²) in [6.45, 7) is 0. The maximum absolute atomic E-state index is 12.8. The molecule has 0 spiro atoms. The summed E-state index contributed by atoms with van der Waals surface area (Å²) >= 11 is 1.67. The monoisotopic (exact) mass is 361 g/mol. The fourth-order valence-electron chi connectivity index (χ4n) is 3.60. The number of para-hydroxylation sites is 1. The van der Waals surface area contributed by atoms with Gasteiger partial charge in [0.25, 0.3) is 5.56 Å². The summed E-state index contributed by atoms with van der Waals surface area (Å²) in [6.07, 6.45) is 1.19. The van der Waals surface area contributed by atoms with Gasteiger partial charge in [-0.2, -0.15) is 0 Å². The number of thiophene rings is 1. The van der Waals surface area contributed by atoms with Gasteiger partial charge >= 0.3 is 0 Å². The number of H-pyrrole nitrogens is 1. The molecular formula is C20H15N3O2S. The Balaban J connectivity index is 1.65. The van der Waals surface area contributed by atoms with Gasteiger partial charge in [0, 0.05) is 22.8 Å². The maximum atomic E-state index is 12.8. The highest BCUT2D eigenvalue weighted by Crippen LogP contribution is 2.34. The van der Waals surface area contributed by atoms with Crippen molar-refractivity contribution < 1.29 is 4.79 Å². The fourth-order valence-corrected chi connectivity index (χ4v) is 4.43. The summed E-state index contributed by atoms with van der Waals surface area (Å²) < 4.78 is 1.48. The quantitative estimate of drug-likeness (QED) is 0.592. The van der Waals surface area contributed by atoms with E-state index in [0.717, 1.165) is 17.8 Å². The number of pyridine rings is 1. The molecule has 26 heavy (non-hydrogen) atoms. The minimum absolute atomic E-state index is 0.0610. The molecule has 1 aliphatic carbocycles. The molecule has 0 fully saturated rings. The largest absolute Gasteiger partial charge is 0.294 e. The molecule has 5 rings (SSSR count). The molecule has 0 radical (unpaired) electrons. The van der Waals surface area contributed by atoms with Crippen molar-refractivity contribution in [3.05, 3.63) is 80.4 Å². The van der Waals surface area contributed by atoms with Crippen molar-refractivity contribution in [2.24, 2.45) is 0 Å². The molecule has 0 saturated carbocycles. The molecule has 4 aromatic rings. The van der Waals surface area contributed by atoms with Gasteiger partial charge in [-0.05, 0) is 36.1 Å². The predicted molar refractivity (Wildman–Crippen MR) is 101 cm³/mol. The Hall–Kier alpha value is -2.99. The molecule has 5 nitrogen and oxygen atoms in total. The minimum Gasteiger partial charge on any atom is -0.294 e. The molecule has 1 atom stereocenters. The highest BCUT2D eigenvalue weighted by molar-refractivity contribution is 7.10. The highest BCUT2D eigenvalue weighted by atomic mass is 32.1. The first-order chi connectivity index (χ1) is 12.7. The molecular weight excluding hydrogens is 346 g/mol. The summed E-state index contributed by atoms with van der Waals surface area (Å²) in [5.74, 6) is 0.230. The van der Waals surface area contributed by atoms with Crippen LogP contribution in [0.3, 0.4) is 0 Å². The summed E-state index contributed by atoms with van der Waals surface area (Å²) in [4.78, 5) is 31.3. The van der Waals surface area contributed by atoms with Gasteiger partial charge in [0.15, 0.2) is 11.4 Å². The number of hydrogen-bond acceptors (Lipinski definition) is 4. The number of benzene rings is 1. The number of rotatable bonds is 2. The van der Waals surface area contributed by atoms with E-state index in [-0.39, 0.29) is 17.3 Å². The Morgan fingerprint density at radius 3 is 2.69 bits per heavy atom. The van der Waals surface area contributed by atoms with Crippen LogP contribution in [0.25, 0.3) is 16.7 Å². The third kappa shape index (κ3) is 2.34. The van der Waals surface area contributed by atoms with E-state index in [1.54, 1.807) is 17.4 Å². The molecule has 1 aliphatic rings. The average molecular weight is 361 g/mol. The molecule has 3 heterocycles. The number of Topliss-reactive ketones (excluding diaryl/α,β-unsaturated/α-hetero) is 1. The van der Waals surface area contributed by atoms with Crippen LogP contribution in [0.2, 0.25) is 0 Å². The van der Waals surface area contributed by atoms with E-state index in [0.29, 0.717) is 23.0 Å². The van der Waals surface area contributed by atoms with Crippen LogP contribution in [-0.4, -0.2) is 20.5 Å². The first-order valence-corrected chi connectivity index (χ1v) is 9.35. The molecule has 1 N–H and O–H groups in total. The second-order valence-corrected chi connectivity index (χ2v) is 7.49. The lowest BCUT2D eigenvalue weighted by Gasteiger charge is -2.21. The Kier molecular flexibility index (Phi) is 3.39. The number of aromatic nitrogens is 3. The van der Waals surface area contributed by atoms with Gasteiger partial charge in [-0.1, -0.05) is 24.3 Å². The smallest absolute Gasteiger partial charge is 0.280 e. The number of nitrogens with zero attached hydrogens (tertiary/aromatic N) is 2. The first kappa shape index (κ1) is 15.3. The first-order valence-electron chi connectivity index (χ1n) is 8.47. The Labute approximate surface area is 152 Å². The van der Waals surface area contributed by atoms with Crippen molar-refractivity contribution in [2.45, 2.75) is 18.8 Å². The summed E-state index contributed by atoms with van der Waals surface area (Å²) in [5, 5.41) is 5.56. The SMILES string of the molecule is O=C1C[C@@H](c2cccs2)Cc2nc3[nH]n(-c4ccccc4)c(=O)c3cc21. The number of fused-ring (bicyclic) bond motifs is 2. The zero-order valence-corrected chi connectivity index (χ0v) is 14.6.